The fourth-order valence-corrected chi connectivity index (χ4v) is 5.82. The number of carbonyl (C=O) groups excluding carboxylic acids is 2. The maximum Gasteiger partial charge on any atom is 0.409 e. The van der Waals surface area contributed by atoms with E-state index in [4.69, 9.17) is 4.74 Å². The van der Waals surface area contributed by atoms with E-state index in [0.717, 1.165) is 75.4 Å². The van der Waals surface area contributed by atoms with Gasteiger partial charge in [-0.25, -0.2) is 9.78 Å². The third-order valence-corrected chi connectivity index (χ3v) is 7.79. The number of likely N-dealkylation sites (tertiary alicyclic amines) is 2. The minimum Gasteiger partial charge on any atom is -0.450 e. The van der Waals surface area contributed by atoms with Gasteiger partial charge in [0, 0.05) is 48.8 Å². The first-order valence-corrected chi connectivity index (χ1v) is 12.6. The van der Waals surface area contributed by atoms with Crippen LogP contribution in [0.15, 0.2) is 42.6 Å². The molecular formula is C27H34N4O3. The summed E-state index contributed by atoms with van der Waals surface area (Å²) in [4.78, 5) is 33.6. The number of hydrogen-bond acceptors (Lipinski definition) is 5. The molecule has 0 atom stereocenters. The van der Waals surface area contributed by atoms with Crippen molar-refractivity contribution in [2.45, 2.75) is 44.4 Å². The third-order valence-electron chi connectivity index (χ3n) is 7.79. The van der Waals surface area contributed by atoms with Crippen LogP contribution in [-0.2, 0) is 14.9 Å². The zero-order valence-electron chi connectivity index (χ0n) is 20.0. The van der Waals surface area contributed by atoms with Gasteiger partial charge in [-0.3, -0.25) is 4.79 Å². The molecule has 2 aromatic rings. The average Bonchev–Trinajstić information content (AvgIpc) is 2.86. The van der Waals surface area contributed by atoms with Gasteiger partial charge >= 0.3 is 6.09 Å². The Hall–Kier alpha value is -2.93. The second-order valence-electron chi connectivity index (χ2n) is 9.92. The first kappa shape index (κ1) is 22.8. The largest absolute Gasteiger partial charge is 0.450 e. The topological polar surface area (TPSA) is 74.8 Å². The number of benzene rings is 1. The smallest absolute Gasteiger partial charge is 0.409 e. The highest BCUT2D eigenvalue weighted by molar-refractivity contribution is 5.95. The van der Waals surface area contributed by atoms with Gasteiger partial charge in [-0.1, -0.05) is 30.3 Å². The number of anilines is 1. The van der Waals surface area contributed by atoms with Crippen molar-refractivity contribution in [3.63, 3.8) is 0 Å². The number of nitrogens with one attached hydrogen (secondary N) is 1. The molecule has 1 spiro atoms. The number of amides is 2. The quantitative estimate of drug-likeness (QED) is 0.734. The van der Waals surface area contributed by atoms with Crippen molar-refractivity contribution in [2.75, 3.05) is 44.6 Å². The Bertz CT molecular complexity index is 1030. The molecule has 34 heavy (non-hydrogen) atoms. The second kappa shape index (κ2) is 9.74. The maximum atomic E-state index is 12.6. The van der Waals surface area contributed by atoms with Gasteiger partial charge in [0.15, 0.2) is 0 Å². The Morgan fingerprint density at radius 1 is 1.12 bits per heavy atom. The molecule has 7 nitrogen and oxygen atoms in total. The summed E-state index contributed by atoms with van der Waals surface area (Å²) in [6.07, 6.45) is 6.20. The van der Waals surface area contributed by atoms with Gasteiger partial charge in [0.2, 0.25) is 5.91 Å². The Labute approximate surface area is 201 Å². The summed E-state index contributed by atoms with van der Waals surface area (Å²) >= 11 is 0. The third kappa shape index (κ3) is 4.67. The molecule has 5 rings (SSSR count). The first-order valence-electron chi connectivity index (χ1n) is 12.6. The minimum absolute atomic E-state index is 0.0762. The molecule has 0 bridgehead atoms. The van der Waals surface area contributed by atoms with Crippen molar-refractivity contribution < 1.29 is 14.3 Å². The molecule has 2 amide bonds. The number of piperidine rings is 2. The molecular weight excluding hydrogens is 428 g/mol. The maximum absolute atomic E-state index is 12.6. The SMILES string of the molecule is CCOC(=O)N1CCC(CN2CCC3(CC2)CC(=O)Nc2ncc(-c4ccccc4)cc23)CC1. The highest BCUT2D eigenvalue weighted by Gasteiger charge is 2.43. The molecule has 0 unspecified atom stereocenters. The number of pyridine rings is 1. The lowest BCUT2D eigenvalue weighted by molar-refractivity contribution is -0.118. The Morgan fingerprint density at radius 2 is 1.85 bits per heavy atom. The summed E-state index contributed by atoms with van der Waals surface area (Å²) in [5, 5.41) is 3.00. The van der Waals surface area contributed by atoms with Crippen LogP contribution < -0.4 is 5.32 Å². The molecule has 0 saturated carbocycles. The molecule has 1 aromatic carbocycles. The fraction of sp³-hybridized carbons (Fsp3) is 0.519. The zero-order valence-corrected chi connectivity index (χ0v) is 20.0. The average molecular weight is 463 g/mol. The van der Waals surface area contributed by atoms with E-state index in [2.05, 4.69) is 33.4 Å². The molecule has 2 fully saturated rings. The van der Waals surface area contributed by atoms with Gasteiger partial charge in [0.1, 0.15) is 5.82 Å². The van der Waals surface area contributed by atoms with E-state index in [1.54, 1.807) is 0 Å². The van der Waals surface area contributed by atoms with Crippen LogP contribution in [0, 0.1) is 5.92 Å². The molecule has 3 aliphatic heterocycles. The lowest BCUT2D eigenvalue weighted by Gasteiger charge is -2.45. The summed E-state index contributed by atoms with van der Waals surface area (Å²) in [5.74, 6) is 1.41. The molecule has 1 N–H and O–H groups in total. The fourth-order valence-electron chi connectivity index (χ4n) is 5.82. The number of rotatable bonds is 4. The van der Waals surface area contributed by atoms with E-state index < -0.39 is 0 Å². The van der Waals surface area contributed by atoms with E-state index in [1.807, 2.05) is 36.2 Å². The van der Waals surface area contributed by atoms with Crippen LogP contribution in [0.2, 0.25) is 0 Å². The van der Waals surface area contributed by atoms with Crippen LogP contribution in [0.25, 0.3) is 11.1 Å². The molecule has 2 saturated heterocycles. The van der Waals surface area contributed by atoms with Crippen molar-refractivity contribution >= 4 is 17.8 Å². The van der Waals surface area contributed by atoms with E-state index in [9.17, 15) is 9.59 Å². The molecule has 0 aliphatic carbocycles. The summed E-state index contributed by atoms with van der Waals surface area (Å²) in [7, 11) is 0. The Morgan fingerprint density at radius 3 is 2.56 bits per heavy atom. The van der Waals surface area contributed by atoms with Gasteiger partial charge in [0.25, 0.3) is 0 Å². The number of hydrogen-bond donors (Lipinski definition) is 1. The van der Waals surface area contributed by atoms with Crippen molar-refractivity contribution in [3.8, 4) is 11.1 Å². The molecule has 7 heteroatoms. The van der Waals surface area contributed by atoms with Crippen LogP contribution in [0.4, 0.5) is 10.6 Å². The molecule has 3 aliphatic rings. The van der Waals surface area contributed by atoms with Gasteiger partial charge in [-0.15, -0.1) is 0 Å². The first-order chi connectivity index (χ1) is 16.6. The predicted octanol–water partition coefficient (Wildman–Crippen LogP) is 4.29. The highest BCUT2D eigenvalue weighted by atomic mass is 16.6. The van der Waals surface area contributed by atoms with E-state index >= 15 is 0 Å². The second-order valence-corrected chi connectivity index (χ2v) is 9.92. The summed E-state index contributed by atoms with van der Waals surface area (Å²) in [5.41, 5.74) is 3.30. The minimum atomic E-state index is -0.182. The Kier molecular flexibility index (Phi) is 6.55. The van der Waals surface area contributed by atoms with E-state index in [-0.39, 0.29) is 17.4 Å². The highest BCUT2D eigenvalue weighted by Crippen LogP contribution is 2.45. The summed E-state index contributed by atoms with van der Waals surface area (Å²) < 4.78 is 5.14. The number of nitrogens with zero attached hydrogens (tertiary/aromatic N) is 3. The van der Waals surface area contributed by atoms with Crippen LogP contribution >= 0.6 is 0 Å². The lowest BCUT2D eigenvalue weighted by atomic mass is 9.68. The standard InChI is InChI=1S/C27H34N4O3/c1-2-34-26(33)31-12-8-20(9-13-31)19-30-14-10-27(11-15-30)17-24(32)29-25-23(27)16-22(18-28-25)21-6-4-3-5-7-21/h3-7,16,18,20H,2,8-15,17,19H2,1H3,(H,28,29,32). The summed E-state index contributed by atoms with van der Waals surface area (Å²) in [6, 6.07) is 12.6. The van der Waals surface area contributed by atoms with Crippen LogP contribution in [0.1, 0.15) is 44.6 Å². The molecule has 0 radical (unpaired) electrons. The van der Waals surface area contributed by atoms with Gasteiger partial charge < -0.3 is 19.9 Å². The van der Waals surface area contributed by atoms with Crippen molar-refractivity contribution in [2.24, 2.45) is 5.92 Å². The number of carbonyl (C=O) groups is 2. The van der Waals surface area contributed by atoms with E-state index in [0.29, 0.717) is 18.9 Å². The van der Waals surface area contributed by atoms with E-state index in [1.165, 1.54) is 5.56 Å². The normalized spacial score (nSPS) is 20.6. The number of aromatic nitrogens is 1. The predicted molar refractivity (Wildman–Crippen MR) is 132 cm³/mol. The number of ether oxygens (including phenoxy) is 1. The summed E-state index contributed by atoms with van der Waals surface area (Å²) in [6.45, 7) is 6.87. The van der Waals surface area contributed by atoms with Crippen molar-refractivity contribution in [1.82, 2.24) is 14.8 Å². The van der Waals surface area contributed by atoms with Gasteiger partial charge in [-0.05, 0) is 63.2 Å². The van der Waals surface area contributed by atoms with Crippen LogP contribution in [0.3, 0.4) is 0 Å². The van der Waals surface area contributed by atoms with Crippen LogP contribution in [0.5, 0.6) is 0 Å². The zero-order chi connectivity index (χ0) is 23.5. The lowest BCUT2D eigenvalue weighted by Crippen LogP contribution is -2.49. The van der Waals surface area contributed by atoms with Gasteiger partial charge in [0.05, 0.1) is 6.61 Å². The van der Waals surface area contributed by atoms with Crippen LogP contribution in [-0.4, -0.2) is 66.1 Å². The Balaban J connectivity index is 1.24. The van der Waals surface area contributed by atoms with Crippen molar-refractivity contribution in [1.29, 1.82) is 0 Å². The number of fused-ring (bicyclic) bond motifs is 2. The molecule has 4 heterocycles. The van der Waals surface area contributed by atoms with Gasteiger partial charge in [-0.2, -0.15) is 0 Å². The molecule has 180 valence electrons. The monoisotopic (exact) mass is 462 g/mol. The molecule has 1 aromatic heterocycles. The van der Waals surface area contributed by atoms with Crippen molar-refractivity contribution in [3.05, 3.63) is 48.2 Å².